The highest BCUT2D eigenvalue weighted by Gasteiger charge is 2.15. The number of rotatable bonds is 3. The van der Waals surface area contributed by atoms with Gasteiger partial charge in [-0.25, -0.2) is 4.98 Å². The van der Waals surface area contributed by atoms with Crippen LogP contribution in [-0.2, 0) is 0 Å². The van der Waals surface area contributed by atoms with Crippen LogP contribution in [0, 0.1) is 13.8 Å². The maximum absolute atomic E-state index is 6.27. The van der Waals surface area contributed by atoms with Gasteiger partial charge in [0.05, 0.1) is 6.20 Å². The number of benzene rings is 2. The Kier molecular flexibility index (Phi) is 3.90. The molecule has 4 aromatic rings. The van der Waals surface area contributed by atoms with E-state index in [2.05, 4.69) is 41.5 Å². The Hall–Kier alpha value is -2.85. The van der Waals surface area contributed by atoms with Crippen molar-refractivity contribution in [1.82, 2.24) is 14.4 Å². The fourth-order valence-electron chi connectivity index (χ4n) is 2.81. The predicted molar refractivity (Wildman–Crippen MR) is 103 cm³/mol. The van der Waals surface area contributed by atoms with Crippen molar-refractivity contribution in [2.45, 2.75) is 13.8 Å². The number of fused-ring (bicyclic) bond motifs is 1. The van der Waals surface area contributed by atoms with Crippen LogP contribution in [0.3, 0.4) is 0 Å². The summed E-state index contributed by atoms with van der Waals surface area (Å²) in [5.41, 5.74) is 5.90. The minimum Gasteiger partial charge on any atom is -0.339 e. The highest BCUT2D eigenvalue weighted by atomic mass is 35.5. The van der Waals surface area contributed by atoms with Crippen LogP contribution in [0.15, 0.2) is 61.1 Å². The van der Waals surface area contributed by atoms with Gasteiger partial charge in [-0.3, -0.25) is 9.38 Å². The zero-order chi connectivity index (χ0) is 17.4. The van der Waals surface area contributed by atoms with E-state index < -0.39 is 0 Å². The fraction of sp³-hybridized carbons (Fsp3) is 0.100. The van der Waals surface area contributed by atoms with Crippen LogP contribution in [0.5, 0.6) is 0 Å². The van der Waals surface area contributed by atoms with Gasteiger partial charge < -0.3 is 5.32 Å². The Morgan fingerprint density at radius 2 is 1.84 bits per heavy atom. The van der Waals surface area contributed by atoms with Crippen molar-refractivity contribution in [2.75, 3.05) is 5.32 Å². The second-order valence-corrected chi connectivity index (χ2v) is 6.42. The standard InChI is InChI=1S/C20H17ClN4/c1-13-6-8-15(9-7-13)19-20(25-11-10-22-12-18(25)24-19)23-17-5-3-4-16(21)14(17)2/h3-12,23H,1-2H3. The Balaban J connectivity index is 1.90. The molecule has 0 bridgehead atoms. The zero-order valence-corrected chi connectivity index (χ0v) is 14.7. The molecule has 2 aromatic heterocycles. The van der Waals surface area contributed by atoms with Crippen molar-refractivity contribution in [1.29, 1.82) is 0 Å². The molecule has 0 fully saturated rings. The first kappa shape index (κ1) is 15.7. The highest BCUT2D eigenvalue weighted by Crippen LogP contribution is 2.33. The Bertz CT molecular complexity index is 1050. The average Bonchev–Trinajstić information content (AvgIpc) is 2.98. The van der Waals surface area contributed by atoms with Crippen molar-refractivity contribution in [2.24, 2.45) is 0 Å². The van der Waals surface area contributed by atoms with E-state index >= 15 is 0 Å². The molecule has 25 heavy (non-hydrogen) atoms. The van der Waals surface area contributed by atoms with Crippen molar-refractivity contribution in [3.8, 4) is 11.3 Å². The molecule has 0 atom stereocenters. The van der Waals surface area contributed by atoms with E-state index in [4.69, 9.17) is 16.6 Å². The van der Waals surface area contributed by atoms with E-state index in [0.29, 0.717) is 0 Å². The Morgan fingerprint density at radius 1 is 1.04 bits per heavy atom. The van der Waals surface area contributed by atoms with E-state index in [9.17, 15) is 0 Å². The van der Waals surface area contributed by atoms with Crippen LogP contribution in [0.1, 0.15) is 11.1 Å². The monoisotopic (exact) mass is 348 g/mol. The Morgan fingerprint density at radius 3 is 2.64 bits per heavy atom. The molecule has 4 nitrogen and oxygen atoms in total. The largest absolute Gasteiger partial charge is 0.339 e. The fourth-order valence-corrected chi connectivity index (χ4v) is 2.98. The van der Waals surface area contributed by atoms with Crippen molar-refractivity contribution < 1.29 is 0 Å². The third-order valence-electron chi connectivity index (χ3n) is 4.28. The molecule has 0 unspecified atom stereocenters. The van der Waals surface area contributed by atoms with Crippen LogP contribution < -0.4 is 5.32 Å². The number of aromatic nitrogens is 3. The van der Waals surface area contributed by atoms with Gasteiger partial charge >= 0.3 is 0 Å². The molecule has 2 heterocycles. The van der Waals surface area contributed by atoms with Gasteiger partial charge in [-0.05, 0) is 31.5 Å². The summed E-state index contributed by atoms with van der Waals surface area (Å²) in [6.45, 7) is 4.08. The van der Waals surface area contributed by atoms with Crippen LogP contribution in [0.2, 0.25) is 5.02 Å². The number of imidazole rings is 1. The molecule has 2 aromatic carbocycles. The number of nitrogens with one attached hydrogen (secondary N) is 1. The quantitative estimate of drug-likeness (QED) is 0.538. The normalized spacial score (nSPS) is 11.0. The molecule has 0 amide bonds. The number of anilines is 2. The predicted octanol–water partition coefficient (Wildman–Crippen LogP) is 5.41. The van der Waals surface area contributed by atoms with Gasteiger partial charge in [0.1, 0.15) is 11.5 Å². The molecule has 0 spiro atoms. The molecule has 5 heteroatoms. The molecule has 1 N–H and O–H groups in total. The Labute approximate surface area is 151 Å². The van der Waals surface area contributed by atoms with Crippen LogP contribution in [0.4, 0.5) is 11.5 Å². The molecule has 0 aliphatic rings. The summed E-state index contributed by atoms with van der Waals surface area (Å²) in [7, 11) is 0. The molecule has 0 radical (unpaired) electrons. The molecule has 0 saturated carbocycles. The number of hydrogen-bond acceptors (Lipinski definition) is 3. The number of aryl methyl sites for hydroxylation is 1. The summed E-state index contributed by atoms with van der Waals surface area (Å²) in [4.78, 5) is 8.95. The van der Waals surface area contributed by atoms with Gasteiger partial charge in [-0.2, -0.15) is 0 Å². The summed E-state index contributed by atoms with van der Waals surface area (Å²) in [6.07, 6.45) is 5.42. The zero-order valence-electron chi connectivity index (χ0n) is 14.0. The number of nitrogens with zero attached hydrogens (tertiary/aromatic N) is 3. The van der Waals surface area contributed by atoms with E-state index in [-0.39, 0.29) is 0 Å². The summed E-state index contributed by atoms with van der Waals surface area (Å²) in [6, 6.07) is 14.2. The van der Waals surface area contributed by atoms with Gasteiger partial charge in [0.2, 0.25) is 0 Å². The highest BCUT2D eigenvalue weighted by molar-refractivity contribution is 6.31. The van der Waals surface area contributed by atoms with Gasteiger partial charge in [0.25, 0.3) is 0 Å². The lowest BCUT2D eigenvalue weighted by Crippen LogP contribution is -1.99. The molecule has 124 valence electrons. The van der Waals surface area contributed by atoms with E-state index in [1.807, 2.05) is 35.7 Å². The third kappa shape index (κ3) is 2.85. The van der Waals surface area contributed by atoms with Crippen molar-refractivity contribution in [3.63, 3.8) is 0 Å². The minimum absolute atomic E-state index is 0.734. The summed E-state index contributed by atoms with van der Waals surface area (Å²) >= 11 is 6.27. The van der Waals surface area contributed by atoms with Gasteiger partial charge in [-0.1, -0.05) is 47.5 Å². The first-order valence-corrected chi connectivity index (χ1v) is 8.42. The van der Waals surface area contributed by atoms with Crippen LogP contribution in [-0.4, -0.2) is 14.4 Å². The van der Waals surface area contributed by atoms with Gasteiger partial charge in [0, 0.05) is 28.7 Å². The van der Waals surface area contributed by atoms with E-state index in [0.717, 1.165) is 39.0 Å². The number of hydrogen-bond donors (Lipinski definition) is 1. The summed E-state index contributed by atoms with van der Waals surface area (Å²) in [5, 5.41) is 4.24. The molecular weight excluding hydrogens is 332 g/mol. The lowest BCUT2D eigenvalue weighted by atomic mass is 10.1. The minimum atomic E-state index is 0.734. The second kappa shape index (κ2) is 6.22. The van der Waals surface area contributed by atoms with Crippen molar-refractivity contribution >= 4 is 28.8 Å². The maximum atomic E-state index is 6.27. The summed E-state index contributed by atoms with van der Waals surface area (Å²) < 4.78 is 2.00. The molecule has 4 rings (SSSR count). The second-order valence-electron chi connectivity index (χ2n) is 6.02. The summed E-state index contributed by atoms with van der Waals surface area (Å²) in [5.74, 6) is 0.895. The van der Waals surface area contributed by atoms with Crippen LogP contribution in [0.25, 0.3) is 16.9 Å². The molecule has 0 saturated heterocycles. The SMILES string of the molecule is Cc1ccc(-c2nc3cnccn3c2Nc2cccc(Cl)c2C)cc1. The first-order valence-electron chi connectivity index (χ1n) is 8.05. The van der Waals surface area contributed by atoms with E-state index in [1.165, 1.54) is 5.56 Å². The molecule has 0 aliphatic heterocycles. The number of halogens is 1. The lowest BCUT2D eigenvalue weighted by Gasteiger charge is -2.12. The third-order valence-corrected chi connectivity index (χ3v) is 4.69. The maximum Gasteiger partial charge on any atom is 0.157 e. The van der Waals surface area contributed by atoms with Crippen LogP contribution >= 0.6 is 11.6 Å². The smallest absolute Gasteiger partial charge is 0.157 e. The topological polar surface area (TPSA) is 42.2 Å². The van der Waals surface area contributed by atoms with Gasteiger partial charge in [-0.15, -0.1) is 0 Å². The average molecular weight is 349 g/mol. The molecule has 0 aliphatic carbocycles. The molecular formula is C20H17ClN4. The van der Waals surface area contributed by atoms with E-state index in [1.54, 1.807) is 12.4 Å². The van der Waals surface area contributed by atoms with Crippen molar-refractivity contribution in [3.05, 3.63) is 77.2 Å². The van der Waals surface area contributed by atoms with Gasteiger partial charge in [0.15, 0.2) is 5.65 Å². The first-order chi connectivity index (χ1) is 12.1. The lowest BCUT2D eigenvalue weighted by molar-refractivity contribution is 1.13.